The van der Waals surface area contributed by atoms with E-state index in [9.17, 15) is 14.9 Å². The number of nitrogens with zero attached hydrogens (tertiary/aromatic N) is 2. The van der Waals surface area contributed by atoms with Gasteiger partial charge in [-0.25, -0.2) is 4.98 Å². The highest BCUT2D eigenvalue weighted by Gasteiger charge is 2.24. The fourth-order valence-electron chi connectivity index (χ4n) is 1.59. The van der Waals surface area contributed by atoms with Crippen molar-refractivity contribution in [1.29, 1.82) is 0 Å². The zero-order valence-corrected chi connectivity index (χ0v) is 11.6. The lowest BCUT2D eigenvalue weighted by Crippen LogP contribution is -2.25. The third kappa shape index (κ3) is 4.48. The average Bonchev–Trinajstić information content (AvgIpc) is 2.33. The molecule has 1 heterocycles. The van der Waals surface area contributed by atoms with E-state index in [-0.39, 0.29) is 10.7 Å². The van der Waals surface area contributed by atoms with Crippen LogP contribution in [0, 0.1) is 16.0 Å². The Morgan fingerprint density at radius 3 is 2.84 bits per heavy atom. The summed E-state index contributed by atoms with van der Waals surface area (Å²) in [6.07, 6.45) is 3.09. The minimum atomic E-state index is -0.696. The van der Waals surface area contributed by atoms with Gasteiger partial charge in [-0.2, -0.15) is 0 Å². The summed E-state index contributed by atoms with van der Waals surface area (Å²) in [7, 11) is 0. The Labute approximate surface area is 116 Å². The quantitative estimate of drug-likeness (QED) is 0.377. The third-order valence-corrected chi connectivity index (χ3v) is 2.83. The van der Waals surface area contributed by atoms with Crippen molar-refractivity contribution in [3.05, 3.63) is 33.1 Å². The molecule has 0 fully saturated rings. The van der Waals surface area contributed by atoms with Crippen LogP contribution in [0.5, 0.6) is 0 Å². The smallest absolute Gasteiger partial charge is 0.319 e. The molecule has 6 nitrogen and oxygen atoms in total. The highest BCUT2D eigenvalue weighted by atomic mass is 35.5. The van der Waals surface area contributed by atoms with Crippen molar-refractivity contribution in [3.63, 3.8) is 0 Å². The molecule has 1 N–H and O–H groups in total. The highest BCUT2D eigenvalue weighted by Crippen LogP contribution is 2.25. The average molecular weight is 286 g/mol. The molecule has 0 saturated heterocycles. The molecular formula is C12H16ClN3O3. The van der Waals surface area contributed by atoms with Gasteiger partial charge in [-0.15, -0.1) is 0 Å². The topological polar surface area (TPSA) is 85.1 Å². The lowest BCUT2D eigenvalue weighted by Gasteiger charge is -2.07. The van der Waals surface area contributed by atoms with Crippen LogP contribution in [-0.4, -0.2) is 22.4 Å². The lowest BCUT2D eigenvalue weighted by atomic mass is 10.1. The van der Waals surface area contributed by atoms with Crippen LogP contribution >= 0.6 is 11.6 Å². The van der Waals surface area contributed by atoms with Crippen molar-refractivity contribution in [2.45, 2.75) is 26.7 Å². The molecule has 104 valence electrons. The summed E-state index contributed by atoms with van der Waals surface area (Å²) >= 11 is 5.64. The predicted octanol–water partition coefficient (Wildman–Crippen LogP) is 2.81. The van der Waals surface area contributed by atoms with E-state index in [2.05, 4.69) is 24.1 Å². The number of nitrogens with one attached hydrogen (secondary N) is 1. The molecular weight excluding hydrogens is 270 g/mol. The van der Waals surface area contributed by atoms with E-state index in [0.717, 1.165) is 12.8 Å². The molecule has 1 amide bonds. The van der Waals surface area contributed by atoms with Crippen LogP contribution in [0.25, 0.3) is 0 Å². The first-order chi connectivity index (χ1) is 8.93. The Bertz CT molecular complexity index is 477. The fourth-order valence-corrected chi connectivity index (χ4v) is 1.82. The van der Waals surface area contributed by atoms with E-state index in [4.69, 9.17) is 11.6 Å². The summed E-state index contributed by atoms with van der Waals surface area (Å²) in [4.78, 5) is 25.6. The van der Waals surface area contributed by atoms with Gasteiger partial charge in [0.05, 0.1) is 4.92 Å². The third-order valence-electron chi connectivity index (χ3n) is 2.55. The van der Waals surface area contributed by atoms with Gasteiger partial charge in [-0.3, -0.25) is 14.9 Å². The number of rotatable bonds is 6. The van der Waals surface area contributed by atoms with Gasteiger partial charge in [-0.1, -0.05) is 25.4 Å². The van der Waals surface area contributed by atoms with Crippen molar-refractivity contribution >= 4 is 23.2 Å². The number of nitro groups is 1. The number of pyridine rings is 1. The van der Waals surface area contributed by atoms with Crippen LogP contribution in [0.3, 0.4) is 0 Å². The van der Waals surface area contributed by atoms with Crippen LogP contribution in [0.2, 0.25) is 5.15 Å². The molecule has 0 aliphatic carbocycles. The van der Waals surface area contributed by atoms with Gasteiger partial charge in [-0.05, 0) is 24.8 Å². The van der Waals surface area contributed by atoms with Crippen LogP contribution in [0.1, 0.15) is 37.0 Å². The second kappa shape index (κ2) is 7.04. The molecule has 0 unspecified atom stereocenters. The Kier molecular flexibility index (Phi) is 5.69. The number of aromatic nitrogens is 1. The Morgan fingerprint density at radius 2 is 2.26 bits per heavy atom. The molecule has 0 bridgehead atoms. The molecule has 19 heavy (non-hydrogen) atoms. The normalized spacial score (nSPS) is 10.5. The van der Waals surface area contributed by atoms with Gasteiger partial charge in [0.2, 0.25) is 5.15 Å². The molecule has 1 aromatic rings. The monoisotopic (exact) mass is 285 g/mol. The van der Waals surface area contributed by atoms with E-state index >= 15 is 0 Å². The number of amides is 1. The van der Waals surface area contributed by atoms with Crippen LogP contribution < -0.4 is 5.32 Å². The zero-order chi connectivity index (χ0) is 14.4. The summed E-state index contributed by atoms with van der Waals surface area (Å²) in [5, 5.41) is 13.2. The molecule has 0 aliphatic rings. The van der Waals surface area contributed by atoms with E-state index in [1.54, 1.807) is 0 Å². The minimum Gasteiger partial charge on any atom is -0.352 e. The summed E-state index contributed by atoms with van der Waals surface area (Å²) in [6.45, 7) is 4.67. The second-order valence-electron chi connectivity index (χ2n) is 4.55. The Morgan fingerprint density at radius 1 is 1.58 bits per heavy atom. The standard InChI is InChI=1S/C12H16ClN3O3/c1-8(2)4-3-6-15-12(17)9-5-7-14-11(13)10(9)16(18)19/h5,7-8H,3-4,6H2,1-2H3,(H,15,17). The molecule has 0 spiro atoms. The van der Waals surface area contributed by atoms with Crippen molar-refractivity contribution in [1.82, 2.24) is 10.3 Å². The van der Waals surface area contributed by atoms with Gasteiger partial charge in [0.25, 0.3) is 5.91 Å². The summed E-state index contributed by atoms with van der Waals surface area (Å²) < 4.78 is 0. The molecule has 0 aliphatic heterocycles. The van der Waals surface area contributed by atoms with Gasteiger partial charge in [0, 0.05) is 12.7 Å². The zero-order valence-electron chi connectivity index (χ0n) is 10.9. The van der Waals surface area contributed by atoms with Crippen LogP contribution in [0.4, 0.5) is 5.69 Å². The van der Waals surface area contributed by atoms with E-state index < -0.39 is 16.5 Å². The molecule has 1 rings (SSSR count). The maximum absolute atomic E-state index is 11.9. The molecule has 1 aromatic heterocycles. The maximum atomic E-state index is 11.9. The van der Waals surface area contributed by atoms with E-state index in [0.29, 0.717) is 12.5 Å². The van der Waals surface area contributed by atoms with Crippen LogP contribution in [0.15, 0.2) is 12.3 Å². The number of carbonyl (C=O) groups excluding carboxylic acids is 1. The molecule has 7 heteroatoms. The summed E-state index contributed by atoms with van der Waals surface area (Å²) in [5.41, 5.74) is -0.514. The maximum Gasteiger partial charge on any atom is 0.319 e. The van der Waals surface area contributed by atoms with E-state index in [1.807, 2.05) is 0 Å². The van der Waals surface area contributed by atoms with Crippen molar-refractivity contribution in [2.75, 3.05) is 6.54 Å². The first-order valence-corrected chi connectivity index (χ1v) is 6.38. The number of halogens is 1. The summed E-state index contributed by atoms with van der Waals surface area (Å²) in [5.74, 6) is 0.0568. The first kappa shape index (κ1) is 15.4. The highest BCUT2D eigenvalue weighted by molar-refractivity contribution is 6.32. The van der Waals surface area contributed by atoms with Gasteiger partial charge in [0.15, 0.2) is 0 Å². The van der Waals surface area contributed by atoms with Crippen LogP contribution in [-0.2, 0) is 0 Å². The Balaban J connectivity index is 2.72. The number of hydrogen-bond acceptors (Lipinski definition) is 4. The minimum absolute atomic E-state index is 0.0606. The van der Waals surface area contributed by atoms with Crippen molar-refractivity contribution in [2.24, 2.45) is 5.92 Å². The number of hydrogen-bond donors (Lipinski definition) is 1. The summed E-state index contributed by atoms with van der Waals surface area (Å²) in [6, 6.07) is 1.29. The van der Waals surface area contributed by atoms with Gasteiger partial charge in [0.1, 0.15) is 5.56 Å². The van der Waals surface area contributed by atoms with E-state index in [1.165, 1.54) is 12.3 Å². The number of carbonyl (C=O) groups is 1. The SMILES string of the molecule is CC(C)CCCNC(=O)c1ccnc(Cl)c1[N+](=O)[O-]. The lowest BCUT2D eigenvalue weighted by molar-refractivity contribution is -0.385. The molecule has 0 radical (unpaired) electrons. The second-order valence-corrected chi connectivity index (χ2v) is 4.91. The predicted molar refractivity (Wildman–Crippen MR) is 72.3 cm³/mol. The Hall–Kier alpha value is -1.69. The van der Waals surface area contributed by atoms with Gasteiger partial charge >= 0.3 is 5.69 Å². The van der Waals surface area contributed by atoms with Crippen molar-refractivity contribution < 1.29 is 9.72 Å². The molecule has 0 atom stereocenters. The van der Waals surface area contributed by atoms with Gasteiger partial charge < -0.3 is 5.32 Å². The van der Waals surface area contributed by atoms with Crippen molar-refractivity contribution in [3.8, 4) is 0 Å². The first-order valence-electron chi connectivity index (χ1n) is 6.00. The fraction of sp³-hybridized carbons (Fsp3) is 0.500. The molecule has 0 aromatic carbocycles. The largest absolute Gasteiger partial charge is 0.352 e. The molecule has 0 saturated carbocycles.